The van der Waals surface area contributed by atoms with Gasteiger partial charge in [0.2, 0.25) is 0 Å². The zero-order chi connectivity index (χ0) is 18.9. The van der Waals surface area contributed by atoms with Crippen LogP contribution >= 0.6 is 0 Å². The van der Waals surface area contributed by atoms with Gasteiger partial charge in [0, 0.05) is 12.3 Å². The van der Waals surface area contributed by atoms with E-state index in [-0.39, 0.29) is 10.6 Å². The minimum absolute atomic E-state index is 0.0470. The van der Waals surface area contributed by atoms with Crippen molar-refractivity contribution < 1.29 is 13.3 Å². The number of rotatable bonds is 5. The summed E-state index contributed by atoms with van der Waals surface area (Å²) in [4.78, 5) is 10.9. The molecule has 0 aliphatic carbocycles. The summed E-state index contributed by atoms with van der Waals surface area (Å²) in [6.45, 7) is 1.77. The van der Waals surface area contributed by atoms with Crippen molar-refractivity contribution in [3.8, 4) is 5.69 Å². The molecule has 3 aromatic rings. The zero-order valence-electron chi connectivity index (χ0n) is 14.1. The highest BCUT2D eigenvalue weighted by Crippen LogP contribution is 2.29. The Morgan fingerprint density at radius 3 is 2.62 bits per heavy atom. The van der Waals surface area contributed by atoms with E-state index in [4.69, 9.17) is 0 Å². The van der Waals surface area contributed by atoms with E-state index in [2.05, 4.69) is 10.4 Å². The highest BCUT2D eigenvalue weighted by Gasteiger charge is 2.17. The van der Waals surface area contributed by atoms with E-state index < -0.39 is 14.8 Å². The Hall–Kier alpha value is -3.20. The van der Waals surface area contributed by atoms with Crippen molar-refractivity contribution in [2.24, 2.45) is 0 Å². The molecule has 0 aliphatic rings. The molecule has 0 saturated carbocycles. The fourth-order valence-electron chi connectivity index (χ4n) is 2.53. The number of nitrogens with zero attached hydrogens (tertiary/aromatic N) is 3. The molecule has 2 aromatic carbocycles. The van der Waals surface area contributed by atoms with Crippen LogP contribution in [0.25, 0.3) is 5.69 Å². The lowest BCUT2D eigenvalue weighted by atomic mass is 10.2. The van der Waals surface area contributed by atoms with Gasteiger partial charge < -0.3 is 5.32 Å². The lowest BCUT2D eigenvalue weighted by Crippen LogP contribution is -2.05. The number of nitro benzene ring substituents is 1. The molecule has 0 spiro atoms. The summed E-state index contributed by atoms with van der Waals surface area (Å²) < 4.78 is 25.3. The predicted octanol–water partition coefficient (Wildman–Crippen LogP) is 3.24. The fraction of sp³-hybridized carbons (Fsp3) is 0.118. The first-order valence-electron chi connectivity index (χ1n) is 7.62. The first-order chi connectivity index (χ1) is 12.3. The summed E-state index contributed by atoms with van der Waals surface area (Å²) in [6, 6.07) is 11.4. The first-order valence-corrected chi connectivity index (χ1v) is 9.51. The molecule has 134 valence electrons. The molecule has 0 aliphatic heterocycles. The standard InChI is InChI=1S/C17H16N4O4S/c1-12-7-8-14(16(9-12)21(22)23)19-13-10-18-20(11-13)15-5-3-4-6-17(15)26(2,24)25/h3-11,19H,1-2H3. The van der Waals surface area contributed by atoms with Crippen molar-refractivity contribution in [3.05, 3.63) is 70.5 Å². The number of benzene rings is 2. The molecule has 0 saturated heterocycles. The van der Waals surface area contributed by atoms with Gasteiger partial charge in [-0.15, -0.1) is 0 Å². The average molecular weight is 372 g/mol. The minimum atomic E-state index is -3.42. The van der Waals surface area contributed by atoms with E-state index in [9.17, 15) is 18.5 Å². The van der Waals surface area contributed by atoms with Crippen LogP contribution in [0.2, 0.25) is 0 Å². The van der Waals surface area contributed by atoms with Gasteiger partial charge in [0.05, 0.1) is 33.6 Å². The molecule has 0 unspecified atom stereocenters. The monoisotopic (exact) mass is 372 g/mol. The second kappa shape index (κ2) is 6.60. The van der Waals surface area contributed by atoms with E-state index >= 15 is 0 Å². The van der Waals surface area contributed by atoms with E-state index in [1.54, 1.807) is 43.5 Å². The van der Waals surface area contributed by atoms with Gasteiger partial charge in [0.1, 0.15) is 5.69 Å². The number of nitro groups is 1. The largest absolute Gasteiger partial charge is 0.347 e. The second-order valence-corrected chi connectivity index (χ2v) is 7.80. The third-order valence-electron chi connectivity index (χ3n) is 3.72. The summed E-state index contributed by atoms with van der Waals surface area (Å²) >= 11 is 0. The molecule has 0 fully saturated rings. The van der Waals surface area contributed by atoms with Gasteiger partial charge >= 0.3 is 0 Å². The van der Waals surface area contributed by atoms with Gasteiger partial charge in [-0.2, -0.15) is 5.10 Å². The van der Waals surface area contributed by atoms with Crippen LogP contribution in [0.15, 0.2) is 59.8 Å². The number of para-hydroxylation sites is 1. The number of anilines is 2. The van der Waals surface area contributed by atoms with E-state index in [0.717, 1.165) is 11.8 Å². The lowest BCUT2D eigenvalue weighted by molar-refractivity contribution is -0.384. The quantitative estimate of drug-likeness (QED) is 0.544. The van der Waals surface area contributed by atoms with Crippen molar-refractivity contribution in [2.75, 3.05) is 11.6 Å². The Balaban J connectivity index is 1.97. The molecule has 1 N–H and O–H groups in total. The van der Waals surface area contributed by atoms with Gasteiger partial charge in [-0.05, 0) is 30.7 Å². The van der Waals surface area contributed by atoms with Crippen molar-refractivity contribution in [3.63, 3.8) is 0 Å². The Bertz CT molecular complexity index is 1090. The predicted molar refractivity (Wildman–Crippen MR) is 97.8 cm³/mol. The smallest absolute Gasteiger partial charge is 0.292 e. The normalized spacial score (nSPS) is 11.3. The molecule has 0 bridgehead atoms. The Morgan fingerprint density at radius 2 is 1.92 bits per heavy atom. The number of hydrogen-bond donors (Lipinski definition) is 1. The highest BCUT2D eigenvalue weighted by molar-refractivity contribution is 7.90. The zero-order valence-corrected chi connectivity index (χ0v) is 14.9. The van der Waals surface area contributed by atoms with Crippen molar-refractivity contribution in [1.29, 1.82) is 0 Å². The number of aryl methyl sites for hydroxylation is 1. The molecular formula is C17H16N4O4S. The number of hydrogen-bond acceptors (Lipinski definition) is 6. The maximum Gasteiger partial charge on any atom is 0.292 e. The van der Waals surface area contributed by atoms with Crippen molar-refractivity contribution in [2.45, 2.75) is 11.8 Å². The fourth-order valence-corrected chi connectivity index (χ4v) is 3.40. The maximum absolute atomic E-state index is 11.9. The van der Waals surface area contributed by atoms with E-state index in [1.165, 1.54) is 23.0 Å². The number of sulfone groups is 1. The SMILES string of the molecule is Cc1ccc(Nc2cnn(-c3ccccc3S(C)(=O)=O)c2)c([N+](=O)[O-])c1. The number of nitrogens with one attached hydrogen (secondary N) is 1. The number of aromatic nitrogens is 2. The molecule has 1 aromatic heterocycles. The molecule has 1 heterocycles. The van der Waals surface area contributed by atoms with Crippen LogP contribution in [-0.4, -0.2) is 29.4 Å². The van der Waals surface area contributed by atoms with Crippen LogP contribution in [0.1, 0.15) is 5.56 Å². The van der Waals surface area contributed by atoms with E-state index in [1.807, 2.05) is 0 Å². The molecule has 3 rings (SSSR count). The summed E-state index contributed by atoms with van der Waals surface area (Å²) in [5, 5.41) is 18.3. The molecular weight excluding hydrogens is 356 g/mol. The summed E-state index contributed by atoms with van der Waals surface area (Å²) in [5.41, 5.74) is 1.97. The van der Waals surface area contributed by atoms with Crippen LogP contribution in [-0.2, 0) is 9.84 Å². The topological polar surface area (TPSA) is 107 Å². The molecule has 9 heteroatoms. The molecule has 0 amide bonds. The third kappa shape index (κ3) is 3.57. The van der Waals surface area contributed by atoms with Gasteiger partial charge in [0.25, 0.3) is 5.69 Å². The van der Waals surface area contributed by atoms with Gasteiger partial charge in [-0.25, -0.2) is 13.1 Å². The third-order valence-corrected chi connectivity index (χ3v) is 4.87. The first kappa shape index (κ1) is 17.6. The molecule has 0 atom stereocenters. The van der Waals surface area contributed by atoms with Crippen LogP contribution < -0.4 is 5.32 Å². The average Bonchev–Trinajstić information content (AvgIpc) is 3.04. The van der Waals surface area contributed by atoms with Gasteiger partial charge in [0.15, 0.2) is 9.84 Å². The Labute approximate surface area is 150 Å². The minimum Gasteiger partial charge on any atom is -0.347 e. The Morgan fingerprint density at radius 1 is 1.19 bits per heavy atom. The summed E-state index contributed by atoms with van der Waals surface area (Å²) in [7, 11) is -3.42. The van der Waals surface area contributed by atoms with Gasteiger partial charge in [-0.1, -0.05) is 18.2 Å². The van der Waals surface area contributed by atoms with Crippen LogP contribution in [0.5, 0.6) is 0 Å². The van der Waals surface area contributed by atoms with Crippen molar-refractivity contribution >= 4 is 26.9 Å². The lowest BCUT2D eigenvalue weighted by Gasteiger charge is -2.07. The maximum atomic E-state index is 11.9. The van der Waals surface area contributed by atoms with Gasteiger partial charge in [-0.3, -0.25) is 10.1 Å². The Kier molecular flexibility index (Phi) is 4.47. The molecule has 26 heavy (non-hydrogen) atoms. The van der Waals surface area contributed by atoms with Crippen LogP contribution in [0.4, 0.5) is 17.1 Å². The summed E-state index contributed by atoms with van der Waals surface area (Å²) in [5.74, 6) is 0. The highest BCUT2D eigenvalue weighted by atomic mass is 32.2. The van der Waals surface area contributed by atoms with Crippen LogP contribution in [0, 0.1) is 17.0 Å². The molecule has 0 radical (unpaired) electrons. The summed E-state index contributed by atoms with van der Waals surface area (Å²) in [6.07, 6.45) is 4.18. The van der Waals surface area contributed by atoms with Crippen molar-refractivity contribution in [1.82, 2.24) is 9.78 Å². The van der Waals surface area contributed by atoms with E-state index in [0.29, 0.717) is 17.1 Å². The van der Waals surface area contributed by atoms with Crippen LogP contribution in [0.3, 0.4) is 0 Å². The molecule has 8 nitrogen and oxygen atoms in total. The second-order valence-electron chi connectivity index (χ2n) is 5.82.